The van der Waals surface area contributed by atoms with Crippen LogP contribution in [0.5, 0.6) is 0 Å². The SMILES string of the molecule is C1=CC(c2ccccc2)=C(Nc2cc(-c3ccccc3)cc(-c3cc(-c4ccccc4)ccn3)c2)CC1. The lowest BCUT2D eigenvalue weighted by Crippen LogP contribution is -2.06. The minimum absolute atomic E-state index is 0.961. The minimum Gasteiger partial charge on any atom is -0.358 e. The molecule has 0 saturated carbocycles. The first-order valence-corrected chi connectivity index (χ1v) is 12.8. The van der Waals surface area contributed by atoms with Gasteiger partial charge in [-0.1, -0.05) is 103 Å². The maximum absolute atomic E-state index is 4.77. The lowest BCUT2D eigenvalue weighted by atomic mass is 9.95. The summed E-state index contributed by atoms with van der Waals surface area (Å²) in [5, 5.41) is 3.80. The molecule has 2 heteroatoms. The summed E-state index contributed by atoms with van der Waals surface area (Å²) in [6, 6.07) is 42.6. The lowest BCUT2D eigenvalue weighted by Gasteiger charge is -2.20. The fourth-order valence-electron chi connectivity index (χ4n) is 4.90. The van der Waals surface area contributed by atoms with E-state index >= 15 is 0 Å². The van der Waals surface area contributed by atoms with Crippen molar-refractivity contribution in [3.8, 4) is 33.5 Å². The van der Waals surface area contributed by atoms with E-state index in [2.05, 4.69) is 133 Å². The van der Waals surface area contributed by atoms with Crippen molar-refractivity contribution in [2.75, 3.05) is 5.32 Å². The molecule has 1 aliphatic rings. The number of benzene rings is 4. The van der Waals surface area contributed by atoms with Crippen LogP contribution < -0.4 is 5.32 Å². The van der Waals surface area contributed by atoms with Gasteiger partial charge in [-0.15, -0.1) is 0 Å². The predicted molar refractivity (Wildman–Crippen MR) is 156 cm³/mol. The van der Waals surface area contributed by atoms with Crippen LogP contribution in [-0.4, -0.2) is 4.98 Å². The summed E-state index contributed by atoms with van der Waals surface area (Å²) in [5.41, 5.74) is 11.6. The molecule has 6 rings (SSSR count). The van der Waals surface area contributed by atoms with E-state index in [1.54, 1.807) is 0 Å². The Bertz CT molecular complexity index is 1570. The standard InChI is InChI=1S/C35H28N2/c1-4-12-26(13-5-1)29-20-21-36-35(25-29)31-22-30(27-14-6-2-7-15-27)23-32(24-31)37-34-19-11-10-18-33(34)28-16-8-3-9-17-28/h1-10,12-18,20-25,37H,11,19H2. The van der Waals surface area contributed by atoms with E-state index in [1.807, 2.05) is 12.3 Å². The number of pyridine rings is 1. The van der Waals surface area contributed by atoms with Crippen molar-refractivity contribution < 1.29 is 0 Å². The van der Waals surface area contributed by atoms with Crippen LogP contribution in [0, 0.1) is 0 Å². The summed E-state index contributed by atoms with van der Waals surface area (Å²) in [6.07, 6.45) is 8.42. The van der Waals surface area contributed by atoms with Crippen molar-refractivity contribution in [2.45, 2.75) is 12.8 Å². The number of aromatic nitrogens is 1. The van der Waals surface area contributed by atoms with E-state index in [1.165, 1.54) is 33.5 Å². The van der Waals surface area contributed by atoms with Gasteiger partial charge in [-0.25, -0.2) is 0 Å². The highest BCUT2D eigenvalue weighted by Gasteiger charge is 2.13. The van der Waals surface area contributed by atoms with Gasteiger partial charge in [-0.2, -0.15) is 0 Å². The number of nitrogens with zero attached hydrogens (tertiary/aromatic N) is 1. The quantitative estimate of drug-likeness (QED) is 0.264. The number of allylic oxidation sites excluding steroid dienone is 4. The van der Waals surface area contributed by atoms with Gasteiger partial charge in [-0.05, 0) is 71.0 Å². The van der Waals surface area contributed by atoms with Gasteiger partial charge in [0.1, 0.15) is 0 Å². The van der Waals surface area contributed by atoms with Gasteiger partial charge in [0.05, 0.1) is 5.69 Å². The molecule has 0 spiro atoms. The molecule has 37 heavy (non-hydrogen) atoms. The van der Waals surface area contributed by atoms with Gasteiger partial charge in [-0.3, -0.25) is 4.98 Å². The van der Waals surface area contributed by atoms with Gasteiger partial charge in [0, 0.05) is 28.7 Å². The molecule has 0 atom stereocenters. The molecule has 1 N–H and O–H groups in total. The highest BCUT2D eigenvalue weighted by atomic mass is 14.9. The van der Waals surface area contributed by atoms with Crippen LogP contribution in [0.3, 0.4) is 0 Å². The highest BCUT2D eigenvalue weighted by Crippen LogP contribution is 2.34. The molecule has 1 aliphatic carbocycles. The summed E-state index contributed by atoms with van der Waals surface area (Å²) in [5.74, 6) is 0. The maximum atomic E-state index is 4.77. The van der Waals surface area contributed by atoms with Crippen molar-refractivity contribution in [2.24, 2.45) is 0 Å². The van der Waals surface area contributed by atoms with Gasteiger partial charge >= 0.3 is 0 Å². The number of rotatable bonds is 6. The van der Waals surface area contributed by atoms with Gasteiger partial charge in [0.25, 0.3) is 0 Å². The average Bonchev–Trinajstić information content (AvgIpc) is 2.99. The molecule has 0 aliphatic heterocycles. The van der Waals surface area contributed by atoms with E-state index in [0.29, 0.717) is 0 Å². The zero-order valence-corrected chi connectivity index (χ0v) is 20.6. The molecular weight excluding hydrogens is 448 g/mol. The van der Waals surface area contributed by atoms with Gasteiger partial charge in [0.2, 0.25) is 0 Å². The predicted octanol–water partition coefficient (Wildman–Crippen LogP) is 9.26. The van der Waals surface area contributed by atoms with Crippen molar-refractivity contribution in [1.29, 1.82) is 0 Å². The average molecular weight is 477 g/mol. The third-order valence-electron chi connectivity index (χ3n) is 6.75. The molecule has 0 radical (unpaired) electrons. The smallest absolute Gasteiger partial charge is 0.0709 e. The van der Waals surface area contributed by atoms with Crippen LogP contribution >= 0.6 is 0 Å². The molecule has 0 amide bonds. The summed E-state index contributed by atoms with van der Waals surface area (Å²) < 4.78 is 0. The zero-order chi connectivity index (χ0) is 24.9. The second kappa shape index (κ2) is 10.5. The lowest BCUT2D eigenvalue weighted by molar-refractivity contribution is 0.972. The summed E-state index contributed by atoms with van der Waals surface area (Å²) >= 11 is 0. The second-order valence-electron chi connectivity index (χ2n) is 9.29. The Hall–Kier alpha value is -4.69. The molecule has 0 saturated heterocycles. The van der Waals surface area contributed by atoms with Crippen LogP contribution in [0.1, 0.15) is 18.4 Å². The largest absolute Gasteiger partial charge is 0.358 e. The third kappa shape index (κ3) is 5.14. The monoisotopic (exact) mass is 476 g/mol. The van der Waals surface area contributed by atoms with Crippen LogP contribution in [0.2, 0.25) is 0 Å². The van der Waals surface area contributed by atoms with E-state index in [0.717, 1.165) is 35.3 Å². The van der Waals surface area contributed by atoms with Gasteiger partial charge < -0.3 is 5.32 Å². The number of hydrogen-bond donors (Lipinski definition) is 1. The third-order valence-corrected chi connectivity index (χ3v) is 6.75. The Labute approximate surface area is 218 Å². The van der Waals surface area contributed by atoms with Crippen molar-refractivity contribution in [3.63, 3.8) is 0 Å². The van der Waals surface area contributed by atoms with E-state index in [9.17, 15) is 0 Å². The van der Waals surface area contributed by atoms with E-state index in [-0.39, 0.29) is 0 Å². The highest BCUT2D eigenvalue weighted by molar-refractivity contribution is 5.83. The molecule has 0 fully saturated rings. The Kier molecular flexibility index (Phi) is 6.46. The van der Waals surface area contributed by atoms with Crippen molar-refractivity contribution in [1.82, 2.24) is 4.98 Å². The Morgan fingerprint density at radius 2 is 1.16 bits per heavy atom. The van der Waals surface area contributed by atoms with E-state index in [4.69, 9.17) is 4.98 Å². The zero-order valence-electron chi connectivity index (χ0n) is 20.6. The fraction of sp³-hybridized carbons (Fsp3) is 0.0571. The number of hydrogen-bond acceptors (Lipinski definition) is 2. The maximum Gasteiger partial charge on any atom is 0.0709 e. The van der Waals surface area contributed by atoms with Crippen LogP contribution in [-0.2, 0) is 0 Å². The first-order chi connectivity index (χ1) is 18.3. The minimum atomic E-state index is 0.961. The summed E-state index contributed by atoms with van der Waals surface area (Å²) in [4.78, 5) is 4.77. The molecule has 5 aromatic rings. The molecular formula is C35H28N2. The molecule has 1 aromatic heterocycles. The van der Waals surface area contributed by atoms with Crippen LogP contribution in [0.25, 0.3) is 39.1 Å². The molecule has 178 valence electrons. The normalized spacial score (nSPS) is 13.0. The van der Waals surface area contributed by atoms with Crippen molar-refractivity contribution >= 4 is 11.3 Å². The Morgan fingerprint density at radius 3 is 1.86 bits per heavy atom. The van der Waals surface area contributed by atoms with E-state index < -0.39 is 0 Å². The topological polar surface area (TPSA) is 24.9 Å². The first-order valence-electron chi connectivity index (χ1n) is 12.8. The fourth-order valence-corrected chi connectivity index (χ4v) is 4.90. The first kappa shape index (κ1) is 22.8. The summed E-state index contributed by atoms with van der Waals surface area (Å²) in [7, 11) is 0. The Balaban J connectivity index is 1.45. The number of anilines is 1. The number of nitrogens with one attached hydrogen (secondary N) is 1. The molecule has 0 bridgehead atoms. The molecule has 0 unspecified atom stereocenters. The molecule has 4 aromatic carbocycles. The van der Waals surface area contributed by atoms with Gasteiger partial charge in [0.15, 0.2) is 0 Å². The van der Waals surface area contributed by atoms with Crippen LogP contribution in [0.4, 0.5) is 5.69 Å². The molecule has 2 nitrogen and oxygen atoms in total. The summed E-state index contributed by atoms with van der Waals surface area (Å²) in [6.45, 7) is 0. The Morgan fingerprint density at radius 1 is 0.541 bits per heavy atom. The van der Waals surface area contributed by atoms with Crippen LogP contribution in [0.15, 0.2) is 145 Å². The van der Waals surface area contributed by atoms with Crippen molar-refractivity contribution in [3.05, 3.63) is 151 Å². The second-order valence-corrected chi connectivity index (χ2v) is 9.29. The molecule has 1 heterocycles.